The lowest BCUT2D eigenvalue weighted by molar-refractivity contribution is -0.114. The van der Waals surface area contributed by atoms with Crippen LogP contribution in [-0.2, 0) is 10.5 Å². The van der Waals surface area contributed by atoms with Gasteiger partial charge in [0.25, 0.3) is 11.1 Å². The number of anilines is 2. The molecule has 3 aromatic carbocycles. The molecule has 162 valence electrons. The molecule has 0 radical (unpaired) electrons. The quantitative estimate of drug-likeness (QED) is 0.372. The van der Waals surface area contributed by atoms with Crippen LogP contribution in [0.2, 0.25) is 0 Å². The largest absolute Gasteiger partial charge is 0.495 e. The highest BCUT2D eigenvalue weighted by Crippen LogP contribution is 2.30. The topological polar surface area (TPSA) is 93.5 Å². The van der Waals surface area contributed by atoms with E-state index in [-0.39, 0.29) is 11.8 Å². The van der Waals surface area contributed by atoms with Crippen molar-refractivity contribution in [3.8, 4) is 5.75 Å². The van der Waals surface area contributed by atoms with Crippen LogP contribution in [0.3, 0.4) is 0 Å². The van der Waals surface area contributed by atoms with Crippen LogP contribution in [-0.4, -0.2) is 23.9 Å². The Kier molecular flexibility index (Phi) is 6.42. The molecular weight excluding hydrogens is 426 g/mol. The van der Waals surface area contributed by atoms with Crippen LogP contribution in [0.15, 0.2) is 76.4 Å². The normalized spacial score (nSPS) is 10.7. The highest BCUT2D eigenvalue weighted by atomic mass is 32.2. The highest BCUT2D eigenvalue weighted by Gasteiger charge is 2.15. The van der Waals surface area contributed by atoms with Gasteiger partial charge in [0.05, 0.1) is 12.8 Å². The monoisotopic (exact) mass is 447 g/mol. The lowest BCUT2D eigenvalue weighted by Gasteiger charge is -2.14. The number of fused-ring (bicyclic) bond motifs is 1. The number of benzene rings is 3. The third-order valence-electron chi connectivity index (χ3n) is 4.66. The Balaban J connectivity index is 1.53. The predicted molar refractivity (Wildman–Crippen MR) is 125 cm³/mol. The lowest BCUT2D eigenvalue weighted by atomic mass is 10.1. The van der Waals surface area contributed by atoms with E-state index in [1.807, 2.05) is 42.5 Å². The number of hydrogen-bond donors (Lipinski definition) is 2. The first-order valence-electron chi connectivity index (χ1n) is 9.87. The summed E-state index contributed by atoms with van der Waals surface area (Å²) in [7, 11) is 1.52. The number of nitrogens with one attached hydrogen (secondary N) is 2. The molecule has 7 nitrogen and oxygen atoms in total. The number of nitrogens with zero attached hydrogens (tertiary/aromatic N) is 1. The van der Waals surface area contributed by atoms with E-state index >= 15 is 0 Å². The maximum Gasteiger partial charge on any atom is 0.257 e. The van der Waals surface area contributed by atoms with Crippen molar-refractivity contribution in [1.82, 2.24) is 4.98 Å². The Bertz CT molecular complexity index is 1250. The van der Waals surface area contributed by atoms with Crippen molar-refractivity contribution in [3.05, 3.63) is 77.9 Å². The second kappa shape index (κ2) is 9.57. The minimum Gasteiger partial charge on any atom is -0.495 e. The van der Waals surface area contributed by atoms with Crippen molar-refractivity contribution in [2.45, 2.75) is 17.9 Å². The minimum atomic E-state index is -0.281. The average molecular weight is 448 g/mol. The first-order valence-corrected chi connectivity index (χ1v) is 10.9. The van der Waals surface area contributed by atoms with Crippen LogP contribution >= 0.6 is 11.8 Å². The molecule has 4 aromatic rings. The number of hydrogen-bond acceptors (Lipinski definition) is 6. The molecule has 0 aliphatic heterocycles. The predicted octanol–water partition coefficient (Wildman–Crippen LogP) is 5.34. The number of amides is 2. The number of methoxy groups -OCH3 is 1. The van der Waals surface area contributed by atoms with E-state index in [9.17, 15) is 9.59 Å². The fourth-order valence-electron chi connectivity index (χ4n) is 3.20. The van der Waals surface area contributed by atoms with Gasteiger partial charge in [-0.25, -0.2) is 4.98 Å². The van der Waals surface area contributed by atoms with Gasteiger partial charge in [-0.3, -0.25) is 9.59 Å². The molecule has 1 aromatic heterocycles. The molecule has 0 spiro atoms. The van der Waals surface area contributed by atoms with Crippen molar-refractivity contribution < 1.29 is 18.7 Å². The van der Waals surface area contributed by atoms with Gasteiger partial charge in [0, 0.05) is 23.9 Å². The summed E-state index contributed by atoms with van der Waals surface area (Å²) in [5.74, 6) is 0.524. The molecule has 1 heterocycles. The van der Waals surface area contributed by atoms with Gasteiger partial charge in [0.2, 0.25) is 5.91 Å². The summed E-state index contributed by atoms with van der Waals surface area (Å²) in [5.41, 5.74) is 3.93. The maximum absolute atomic E-state index is 13.1. The molecule has 0 saturated heterocycles. The van der Waals surface area contributed by atoms with E-state index in [2.05, 4.69) is 15.6 Å². The SMILES string of the molecule is COc1ccc(NC(C)=O)cc1NC(=O)c1ccccc1CSc1nc2ccccc2o1. The number of aromatic nitrogens is 1. The fraction of sp³-hybridized carbons (Fsp3) is 0.125. The summed E-state index contributed by atoms with van der Waals surface area (Å²) >= 11 is 1.42. The third kappa shape index (κ3) is 4.92. The molecule has 0 atom stereocenters. The summed E-state index contributed by atoms with van der Waals surface area (Å²) in [6.07, 6.45) is 0. The Morgan fingerprint density at radius 2 is 1.81 bits per heavy atom. The molecule has 2 N–H and O–H groups in total. The fourth-order valence-corrected chi connectivity index (χ4v) is 4.04. The molecule has 4 rings (SSSR count). The molecular formula is C24H21N3O4S. The second-order valence-electron chi connectivity index (χ2n) is 6.94. The smallest absolute Gasteiger partial charge is 0.257 e. The van der Waals surface area contributed by atoms with Gasteiger partial charge in [0.1, 0.15) is 11.3 Å². The summed E-state index contributed by atoms with van der Waals surface area (Å²) < 4.78 is 11.1. The average Bonchev–Trinajstić information content (AvgIpc) is 3.21. The molecule has 0 unspecified atom stereocenters. The molecule has 0 bridgehead atoms. The highest BCUT2D eigenvalue weighted by molar-refractivity contribution is 7.98. The van der Waals surface area contributed by atoms with E-state index in [0.717, 1.165) is 16.7 Å². The van der Waals surface area contributed by atoms with Gasteiger partial charge < -0.3 is 19.8 Å². The summed E-state index contributed by atoms with van der Waals surface area (Å²) in [6.45, 7) is 1.42. The van der Waals surface area contributed by atoms with Crippen LogP contribution in [0.4, 0.5) is 11.4 Å². The van der Waals surface area contributed by atoms with Gasteiger partial charge in [0.15, 0.2) is 5.58 Å². The summed E-state index contributed by atoms with van der Waals surface area (Å²) in [6, 6.07) is 20.0. The van der Waals surface area contributed by atoms with Crippen molar-refractivity contribution in [3.63, 3.8) is 0 Å². The number of carbonyl (C=O) groups excluding carboxylic acids is 2. The van der Waals surface area contributed by atoms with Crippen molar-refractivity contribution in [2.24, 2.45) is 0 Å². The van der Waals surface area contributed by atoms with Gasteiger partial charge >= 0.3 is 0 Å². The third-order valence-corrected chi connectivity index (χ3v) is 5.53. The number of para-hydroxylation sites is 2. The molecule has 8 heteroatoms. The first-order chi connectivity index (χ1) is 15.5. The zero-order valence-corrected chi connectivity index (χ0v) is 18.4. The van der Waals surface area contributed by atoms with Gasteiger partial charge in [-0.1, -0.05) is 42.1 Å². The Hall–Kier alpha value is -3.78. The van der Waals surface area contributed by atoms with Crippen LogP contribution < -0.4 is 15.4 Å². The van der Waals surface area contributed by atoms with Crippen LogP contribution in [0.5, 0.6) is 5.75 Å². The number of rotatable bonds is 7. The number of thioether (sulfide) groups is 1. The standard InChI is InChI=1S/C24H21N3O4S/c1-15(28)25-17-11-12-21(30-2)20(13-17)26-23(29)18-8-4-3-7-16(18)14-32-24-27-19-9-5-6-10-22(19)31-24/h3-13H,14H2,1-2H3,(H,25,28)(H,26,29). The minimum absolute atomic E-state index is 0.200. The zero-order valence-electron chi connectivity index (χ0n) is 17.5. The van der Waals surface area contributed by atoms with E-state index < -0.39 is 0 Å². The van der Waals surface area contributed by atoms with Crippen LogP contribution in [0.1, 0.15) is 22.8 Å². The van der Waals surface area contributed by atoms with Gasteiger partial charge in [-0.2, -0.15) is 0 Å². The van der Waals surface area contributed by atoms with Crippen molar-refractivity contribution in [1.29, 1.82) is 0 Å². The van der Waals surface area contributed by atoms with Crippen molar-refractivity contribution in [2.75, 3.05) is 17.7 Å². The molecule has 0 aliphatic carbocycles. The van der Waals surface area contributed by atoms with E-state index in [1.165, 1.54) is 25.8 Å². The number of carbonyl (C=O) groups is 2. The Morgan fingerprint density at radius 3 is 2.59 bits per heavy atom. The van der Waals surface area contributed by atoms with E-state index in [4.69, 9.17) is 9.15 Å². The lowest BCUT2D eigenvalue weighted by Crippen LogP contribution is -2.15. The number of ether oxygens (including phenoxy) is 1. The van der Waals surface area contributed by atoms with Gasteiger partial charge in [-0.05, 0) is 42.0 Å². The Morgan fingerprint density at radius 1 is 1.03 bits per heavy atom. The Labute approximate surface area is 189 Å². The van der Waals surface area contributed by atoms with Crippen molar-refractivity contribution >= 4 is 46.1 Å². The molecule has 0 aliphatic rings. The molecule has 2 amide bonds. The first kappa shape index (κ1) is 21.5. The molecule has 32 heavy (non-hydrogen) atoms. The zero-order chi connectivity index (χ0) is 22.5. The number of oxazole rings is 1. The maximum atomic E-state index is 13.1. The molecule has 0 fully saturated rings. The van der Waals surface area contributed by atoms with Crippen LogP contribution in [0, 0.1) is 0 Å². The second-order valence-corrected chi connectivity index (χ2v) is 7.87. The van der Waals surface area contributed by atoms with E-state index in [0.29, 0.717) is 33.7 Å². The summed E-state index contributed by atoms with van der Waals surface area (Å²) in [4.78, 5) is 28.9. The molecule has 0 saturated carbocycles. The van der Waals surface area contributed by atoms with E-state index in [1.54, 1.807) is 24.3 Å². The van der Waals surface area contributed by atoms with Gasteiger partial charge in [-0.15, -0.1) is 0 Å². The summed E-state index contributed by atoms with van der Waals surface area (Å²) in [5, 5.41) is 6.14. The van der Waals surface area contributed by atoms with Crippen LogP contribution in [0.25, 0.3) is 11.1 Å².